The molecule has 106 valence electrons. The Hall–Kier alpha value is -1.20. The molecule has 1 atom stereocenters. The first kappa shape index (κ1) is 14.2. The van der Waals surface area contributed by atoms with Crippen molar-refractivity contribution < 1.29 is 13.9 Å². The molecule has 1 aliphatic heterocycles. The minimum absolute atomic E-state index is 0.0341. The van der Waals surface area contributed by atoms with Gasteiger partial charge in [-0.2, -0.15) is 0 Å². The van der Waals surface area contributed by atoms with E-state index in [1.165, 1.54) is 5.69 Å². The zero-order chi connectivity index (χ0) is 13.7. The molecule has 1 saturated heterocycles. The summed E-state index contributed by atoms with van der Waals surface area (Å²) < 4.78 is 24.3. The van der Waals surface area contributed by atoms with Crippen molar-refractivity contribution in [2.75, 3.05) is 24.5 Å². The number of aliphatic hydroxyl groups excluding tert-OH is 1. The monoisotopic (exact) mass is 270 g/mol. The number of benzene rings is 1. The predicted octanol–water partition coefficient (Wildman–Crippen LogP) is 1.87. The van der Waals surface area contributed by atoms with Crippen LogP contribution in [0, 0.1) is 0 Å². The summed E-state index contributed by atoms with van der Waals surface area (Å²) in [6, 6.07) is 10.4. The number of nitrogens with one attached hydrogen (secondary N) is 1. The highest BCUT2D eigenvalue weighted by Crippen LogP contribution is 2.19. The number of para-hydroxylation sites is 1. The van der Waals surface area contributed by atoms with Crippen LogP contribution in [0.1, 0.15) is 12.8 Å². The third kappa shape index (κ3) is 4.14. The first-order valence-corrected chi connectivity index (χ1v) is 6.66. The van der Waals surface area contributed by atoms with Crippen molar-refractivity contribution in [3.8, 4) is 0 Å². The molecule has 1 heterocycles. The maximum atomic E-state index is 12.2. The lowest BCUT2D eigenvalue weighted by molar-refractivity contribution is -0.00495. The van der Waals surface area contributed by atoms with E-state index in [2.05, 4.69) is 22.3 Å². The van der Waals surface area contributed by atoms with Gasteiger partial charge in [0.15, 0.2) is 0 Å². The van der Waals surface area contributed by atoms with E-state index in [9.17, 15) is 8.78 Å². The molecule has 1 fully saturated rings. The second kappa shape index (κ2) is 6.82. The molecule has 2 rings (SSSR count). The lowest BCUT2D eigenvalue weighted by atomic mass is 10.0. The molecule has 0 amide bonds. The quantitative estimate of drug-likeness (QED) is 0.857. The number of nitrogens with zero attached hydrogens (tertiary/aromatic N) is 1. The molecule has 0 aromatic heterocycles. The van der Waals surface area contributed by atoms with Gasteiger partial charge in [-0.1, -0.05) is 18.2 Å². The van der Waals surface area contributed by atoms with E-state index in [1.807, 2.05) is 18.2 Å². The molecule has 0 bridgehead atoms. The first-order valence-electron chi connectivity index (χ1n) is 6.66. The number of piperidine rings is 1. The summed E-state index contributed by atoms with van der Waals surface area (Å²) in [6.07, 6.45) is -2.42. The fourth-order valence-corrected chi connectivity index (χ4v) is 2.36. The lowest BCUT2D eigenvalue weighted by Gasteiger charge is -2.34. The fraction of sp³-hybridized carbons (Fsp3) is 0.571. The zero-order valence-electron chi connectivity index (χ0n) is 10.8. The number of alkyl halides is 2. The van der Waals surface area contributed by atoms with E-state index >= 15 is 0 Å². The summed E-state index contributed by atoms with van der Waals surface area (Å²) in [4.78, 5) is 2.29. The highest BCUT2D eigenvalue weighted by molar-refractivity contribution is 5.46. The van der Waals surface area contributed by atoms with Gasteiger partial charge < -0.3 is 15.3 Å². The van der Waals surface area contributed by atoms with Crippen LogP contribution in [0.5, 0.6) is 0 Å². The maximum Gasteiger partial charge on any atom is 0.265 e. The van der Waals surface area contributed by atoms with Crippen LogP contribution in [0.25, 0.3) is 0 Å². The van der Waals surface area contributed by atoms with Crippen molar-refractivity contribution in [3.63, 3.8) is 0 Å². The topological polar surface area (TPSA) is 35.5 Å². The van der Waals surface area contributed by atoms with Crippen molar-refractivity contribution in [1.29, 1.82) is 0 Å². The van der Waals surface area contributed by atoms with Crippen LogP contribution < -0.4 is 10.2 Å². The normalized spacial score (nSPS) is 18.8. The van der Waals surface area contributed by atoms with Gasteiger partial charge >= 0.3 is 0 Å². The number of anilines is 1. The zero-order valence-corrected chi connectivity index (χ0v) is 10.8. The van der Waals surface area contributed by atoms with Gasteiger partial charge in [0.25, 0.3) is 6.43 Å². The van der Waals surface area contributed by atoms with E-state index < -0.39 is 12.5 Å². The molecule has 1 aliphatic rings. The number of hydrogen-bond donors (Lipinski definition) is 2. The van der Waals surface area contributed by atoms with Gasteiger partial charge in [0.05, 0.1) is 0 Å². The van der Waals surface area contributed by atoms with Gasteiger partial charge in [0, 0.05) is 31.4 Å². The number of rotatable bonds is 5. The van der Waals surface area contributed by atoms with Crippen LogP contribution >= 0.6 is 0 Å². The Balaban J connectivity index is 1.74. The first-order chi connectivity index (χ1) is 9.16. The number of halogens is 2. The Labute approximate surface area is 112 Å². The van der Waals surface area contributed by atoms with Gasteiger partial charge in [-0.05, 0) is 25.0 Å². The highest BCUT2D eigenvalue weighted by atomic mass is 19.3. The van der Waals surface area contributed by atoms with Crippen LogP contribution in [0.2, 0.25) is 0 Å². The summed E-state index contributed by atoms with van der Waals surface area (Å²) in [5, 5.41) is 12.1. The average molecular weight is 270 g/mol. The molecule has 19 heavy (non-hydrogen) atoms. The lowest BCUT2D eigenvalue weighted by Crippen LogP contribution is -2.45. The van der Waals surface area contributed by atoms with E-state index in [0.29, 0.717) is 0 Å². The second-order valence-corrected chi connectivity index (χ2v) is 4.91. The predicted molar refractivity (Wildman–Crippen MR) is 71.7 cm³/mol. The maximum absolute atomic E-state index is 12.2. The molecule has 0 spiro atoms. The summed E-state index contributed by atoms with van der Waals surface area (Å²) in [7, 11) is 0. The van der Waals surface area contributed by atoms with Crippen molar-refractivity contribution in [3.05, 3.63) is 30.3 Å². The van der Waals surface area contributed by atoms with Crippen molar-refractivity contribution in [1.82, 2.24) is 5.32 Å². The Morgan fingerprint density at radius 3 is 2.42 bits per heavy atom. The van der Waals surface area contributed by atoms with Gasteiger partial charge in [0.1, 0.15) is 6.10 Å². The van der Waals surface area contributed by atoms with Gasteiger partial charge in [-0.15, -0.1) is 0 Å². The highest BCUT2D eigenvalue weighted by Gasteiger charge is 2.22. The molecule has 2 N–H and O–H groups in total. The van der Waals surface area contributed by atoms with Gasteiger partial charge in [0.2, 0.25) is 0 Å². The van der Waals surface area contributed by atoms with Gasteiger partial charge in [-0.3, -0.25) is 0 Å². The molecule has 5 heteroatoms. The van der Waals surface area contributed by atoms with Crippen LogP contribution in [0.4, 0.5) is 14.5 Å². The van der Waals surface area contributed by atoms with Gasteiger partial charge in [-0.25, -0.2) is 8.78 Å². The van der Waals surface area contributed by atoms with Crippen LogP contribution in [-0.4, -0.2) is 43.3 Å². The van der Waals surface area contributed by atoms with Crippen molar-refractivity contribution in [2.24, 2.45) is 0 Å². The molecule has 0 saturated carbocycles. The molecule has 3 nitrogen and oxygen atoms in total. The second-order valence-electron chi connectivity index (χ2n) is 4.91. The SMILES string of the molecule is OC(CNC1CCN(c2ccccc2)CC1)C(F)F. The minimum Gasteiger partial charge on any atom is -0.386 e. The van der Waals surface area contributed by atoms with E-state index in [1.54, 1.807) is 0 Å². The molecule has 0 aliphatic carbocycles. The summed E-state index contributed by atoms with van der Waals surface area (Å²) >= 11 is 0. The smallest absolute Gasteiger partial charge is 0.265 e. The Bertz CT molecular complexity index is 367. The summed E-state index contributed by atoms with van der Waals surface area (Å²) in [5.74, 6) is 0. The van der Waals surface area contributed by atoms with Crippen molar-refractivity contribution >= 4 is 5.69 Å². The largest absolute Gasteiger partial charge is 0.386 e. The summed E-state index contributed by atoms with van der Waals surface area (Å²) in [6.45, 7) is 1.78. The van der Waals surface area contributed by atoms with Crippen LogP contribution in [0.3, 0.4) is 0 Å². The number of hydrogen-bond acceptors (Lipinski definition) is 3. The Kier molecular flexibility index (Phi) is 5.10. The summed E-state index contributed by atoms with van der Waals surface area (Å²) in [5.41, 5.74) is 1.20. The van der Waals surface area contributed by atoms with E-state index in [-0.39, 0.29) is 12.6 Å². The van der Waals surface area contributed by atoms with Crippen molar-refractivity contribution in [2.45, 2.75) is 31.4 Å². The number of aliphatic hydroxyl groups is 1. The standard InChI is InChI=1S/C14H20F2N2O/c15-14(16)13(19)10-17-11-6-8-18(9-7-11)12-4-2-1-3-5-12/h1-5,11,13-14,17,19H,6-10H2. The third-order valence-electron chi connectivity index (χ3n) is 3.52. The third-order valence-corrected chi connectivity index (χ3v) is 3.52. The fourth-order valence-electron chi connectivity index (χ4n) is 2.36. The average Bonchev–Trinajstić information content (AvgIpc) is 2.46. The molecular formula is C14H20F2N2O. The molecule has 0 radical (unpaired) electrons. The Morgan fingerprint density at radius 2 is 1.84 bits per heavy atom. The minimum atomic E-state index is -2.67. The van der Waals surface area contributed by atoms with E-state index in [0.717, 1.165) is 25.9 Å². The van der Waals surface area contributed by atoms with Crippen LogP contribution in [-0.2, 0) is 0 Å². The molecular weight excluding hydrogens is 250 g/mol. The molecule has 1 aromatic carbocycles. The van der Waals surface area contributed by atoms with E-state index in [4.69, 9.17) is 5.11 Å². The van der Waals surface area contributed by atoms with Crippen LogP contribution in [0.15, 0.2) is 30.3 Å². The molecule has 1 aromatic rings. The molecule has 1 unspecified atom stereocenters. The Morgan fingerprint density at radius 1 is 1.21 bits per heavy atom.